The van der Waals surface area contributed by atoms with Crippen LogP contribution >= 0.6 is 15.9 Å². The first-order valence-electron chi connectivity index (χ1n) is 7.67. The number of para-hydroxylation sites is 1. The van der Waals surface area contributed by atoms with Gasteiger partial charge in [0.25, 0.3) is 0 Å². The zero-order valence-corrected chi connectivity index (χ0v) is 15.6. The van der Waals surface area contributed by atoms with Crippen LogP contribution in [-0.2, 0) is 16.8 Å². The zero-order chi connectivity index (χ0) is 18.4. The molecule has 0 saturated carbocycles. The van der Waals surface area contributed by atoms with Crippen molar-refractivity contribution in [1.29, 1.82) is 0 Å². The predicted octanol–water partition coefficient (Wildman–Crippen LogP) is 3.43. The first kappa shape index (κ1) is 17.3. The molecule has 0 aliphatic carbocycles. The molecule has 0 radical (unpaired) electrons. The molecule has 25 heavy (non-hydrogen) atoms. The number of aromatic nitrogens is 2. The molecule has 0 N–H and O–H groups in total. The van der Waals surface area contributed by atoms with Crippen molar-refractivity contribution in [3.05, 3.63) is 62.4 Å². The standard InChI is InChI=1S/C17H17BrN4O3/c1-17(2)12-6-4-5-7-14(12)20(3)15(17)8-11(23)9-21-10-13(18)16(19-21)22(24)25/h4-8,10H,9H2,1-3H3. The molecule has 130 valence electrons. The molecule has 1 aromatic heterocycles. The van der Waals surface area contributed by atoms with Crippen LogP contribution in [0.2, 0.25) is 0 Å². The lowest BCUT2D eigenvalue weighted by Gasteiger charge is -2.23. The zero-order valence-electron chi connectivity index (χ0n) is 14.1. The van der Waals surface area contributed by atoms with Crippen molar-refractivity contribution in [1.82, 2.24) is 9.78 Å². The van der Waals surface area contributed by atoms with Gasteiger partial charge in [-0.05, 0) is 32.5 Å². The number of hydrogen-bond acceptors (Lipinski definition) is 5. The minimum absolute atomic E-state index is 0.0593. The Morgan fingerprint density at radius 3 is 2.68 bits per heavy atom. The summed E-state index contributed by atoms with van der Waals surface area (Å²) in [6.45, 7) is 4.09. The first-order valence-corrected chi connectivity index (χ1v) is 8.46. The number of carbonyl (C=O) groups is 1. The lowest BCUT2D eigenvalue weighted by atomic mass is 9.83. The monoisotopic (exact) mass is 404 g/mol. The number of carbonyl (C=O) groups excluding carboxylic acids is 1. The Hall–Kier alpha value is -2.48. The molecule has 1 aliphatic rings. The highest BCUT2D eigenvalue weighted by atomic mass is 79.9. The average molecular weight is 405 g/mol. The topological polar surface area (TPSA) is 81.3 Å². The lowest BCUT2D eigenvalue weighted by Crippen LogP contribution is -2.24. The Bertz CT molecular complexity index is 901. The van der Waals surface area contributed by atoms with Gasteiger partial charge in [-0.1, -0.05) is 32.0 Å². The molecule has 7 nitrogen and oxygen atoms in total. The van der Waals surface area contributed by atoms with Crippen LogP contribution in [0.5, 0.6) is 0 Å². The molecule has 1 aromatic carbocycles. The highest BCUT2D eigenvalue weighted by Gasteiger charge is 2.38. The smallest absolute Gasteiger partial charge is 0.358 e. The van der Waals surface area contributed by atoms with E-state index in [1.807, 2.05) is 30.1 Å². The third-order valence-electron chi connectivity index (χ3n) is 4.43. The van der Waals surface area contributed by atoms with Gasteiger partial charge in [0.05, 0.1) is 11.3 Å². The molecule has 0 atom stereocenters. The van der Waals surface area contributed by atoms with E-state index in [1.165, 1.54) is 10.9 Å². The van der Waals surface area contributed by atoms with Crippen LogP contribution in [0.3, 0.4) is 0 Å². The van der Waals surface area contributed by atoms with Crippen molar-refractivity contribution >= 4 is 33.2 Å². The van der Waals surface area contributed by atoms with Gasteiger partial charge in [-0.25, -0.2) is 0 Å². The summed E-state index contributed by atoms with van der Waals surface area (Å²) in [7, 11) is 1.93. The van der Waals surface area contributed by atoms with Crippen LogP contribution in [0.4, 0.5) is 11.5 Å². The summed E-state index contributed by atoms with van der Waals surface area (Å²) in [5.74, 6) is -0.473. The molecule has 0 saturated heterocycles. The van der Waals surface area contributed by atoms with E-state index in [9.17, 15) is 14.9 Å². The fourth-order valence-corrected chi connectivity index (χ4v) is 3.67. The quantitative estimate of drug-likeness (QED) is 0.442. The van der Waals surface area contributed by atoms with E-state index >= 15 is 0 Å². The molecular formula is C17H17BrN4O3. The van der Waals surface area contributed by atoms with E-state index in [0.717, 1.165) is 16.9 Å². The minimum Gasteiger partial charge on any atom is -0.358 e. The van der Waals surface area contributed by atoms with E-state index in [-0.39, 0.29) is 28.0 Å². The number of nitro groups is 1. The normalized spacial score (nSPS) is 17.0. The second kappa shape index (κ2) is 6.11. The van der Waals surface area contributed by atoms with Crippen molar-refractivity contribution < 1.29 is 9.72 Å². The molecule has 2 heterocycles. The summed E-state index contributed by atoms with van der Waals surface area (Å²) in [5.41, 5.74) is 2.83. The fourth-order valence-electron chi connectivity index (χ4n) is 3.21. The summed E-state index contributed by atoms with van der Waals surface area (Å²) in [6, 6.07) is 8.04. The number of rotatable bonds is 4. The van der Waals surface area contributed by atoms with Crippen LogP contribution in [0.1, 0.15) is 19.4 Å². The Kier molecular flexibility index (Phi) is 4.24. The maximum Gasteiger partial charge on any atom is 0.404 e. The van der Waals surface area contributed by atoms with Gasteiger partial charge in [-0.2, -0.15) is 4.68 Å². The number of likely N-dealkylation sites (N-methyl/N-ethyl adjacent to an activating group) is 1. The SMILES string of the molecule is CN1C(=CC(=O)Cn2cc(Br)c([N+](=O)[O-])n2)C(C)(C)c2ccccc21. The highest BCUT2D eigenvalue weighted by molar-refractivity contribution is 9.10. The Balaban J connectivity index is 1.87. The molecule has 0 fully saturated rings. The molecule has 2 aromatic rings. The van der Waals surface area contributed by atoms with Gasteiger partial charge in [0.15, 0.2) is 5.78 Å². The van der Waals surface area contributed by atoms with Gasteiger partial charge in [-0.3, -0.25) is 4.79 Å². The third-order valence-corrected chi connectivity index (χ3v) is 4.99. The minimum atomic E-state index is -0.589. The molecule has 1 aliphatic heterocycles. The van der Waals surface area contributed by atoms with Gasteiger partial charge in [0.2, 0.25) is 0 Å². The fraction of sp³-hybridized carbons (Fsp3) is 0.294. The van der Waals surface area contributed by atoms with Crippen molar-refractivity contribution in [2.75, 3.05) is 11.9 Å². The molecular weight excluding hydrogens is 388 g/mol. The molecule has 8 heteroatoms. The van der Waals surface area contributed by atoms with Crippen LogP contribution in [0.15, 0.2) is 46.7 Å². The van der Waals surface area contributed by atoms with E-state index in [1.54, 1.807) is 6.08 Å². The van der Waals surface area contributed by atoms with Crippen molar-refractivity contribution in [2.24, 2.45) is 0 Å². The number of halogens is 1. The second-order valence-corrected chi connectivity index (χ2v) is 7.31. The predicted molar refractivity (Wildman–Crippen MR) is 97.5 cm³/mol. The van der Waals surface area contributed by atoms with Gasteiger partial charge < -0.3 is 15.0 Å². The van der Waals surface area contributed by atoms with Gasteiger partial charge in [-0.15, -0.1) is 0 Å². The Labute approximate surface area is 153 Å². The number of fused-ring (bicyclic) bond motifs is 1. The van der Waals surface area contributed by atoms with Crippen molar-refractivity contribution in [3.63, 3.8) is 0 Å². The van der Waals surface area contributed by atoms with E-state index in [4.69, 9.17) is 0 Å². The number of ketones is 1. The van der Waals surface area contributed by atoms with Crippen LogP contribution < -0.4 is 4.90 Å². The maximum absolute atomic E-state index is 12.5. The van der Waals surface area contributed by atoms with Crippen LogP contribution in [-0.4, -0.2) is 27.5 Å². The molecule has 0 unspecified atom stereocenters. The van der Waals surface area contributed by atoms with E-state index in [2.05, 4.69) is 40.9 Å². The van der Waals surface area contributed by atoms with E-state index in [0.29, 0.717) is 0 Å². The lowest BCUT2D eigenvalue weighted by molar-refractivity contribution is -0.390. The Morgan fingerprint density at radius 1 is 1.40 bits per heavy atom. The molecule has 0 amide bonds. The molecule has 0 bridgehead atoms. The highest BCUT2D eigenvalue weighted by Crippen LogP contribution is 2.46. The van der Waals surface area contributed by atoms with E-state index < -0.39 is 4.92 Å². The number of anilines is 1. The summed E-state index contributed by atoms with van der Waals surface area (Å²) in [4.78, 5) is 24.8. The summed E-state index contributed by atoms with van der Waals surface area (Å²) in [5, 5.41) is 14.7. The van der Waals surface area contributed by atoms with Crippen LogP contribution in [0.25, 0.3) is 0 Å². The number of hydrogen-bond donors (Lipinski definition) is 0. The van der Waals surface area contributed by atoms with Crippen LogP contribution in [0, 0.1) is 10.1 Å². The molecule has 0 spiro atoms. The van der Waals surface area contributed by atoms with Gasteiger partial charge in [0.1, 0.15) is 11.0 Å². The van der Waals surface area contributed by atoms with Crippen molar-refractivity contribution in [3.8, 4) is 0 Å². The summed E-state index contributed by atoms with van der Waals surface area (Å²) in [6.07, 6.45) is 3.04. The number of allylic oxidation sites excluding steroid dienone is 2. The maximum atomic E-state index is 12.5. The first-order chi connectivity index (χ1) is 11.7. The van der Waals surface area contributed by atoms with Crippen molar-refractivity contribution in [2.45, 2.75) is 25.8 Å². The second-order valence-electron chi connectivity index (χ2n) is 6.45. The molecule has 3 rings (SSSR count). The number of nitrogens with zero attached hydrogens (tertiary/aromatic N) is 4. The number of benzene rings is 1. The average Bonchev–Trinajstić information content (AvgIpc) is 2.99. The van der Waals surface area contributed by atoms with Gasteiger partial charge in [0, 0.05) is 29.9 Å². The summed E-state index contributed by atoms with van der Waals surface area (Å²) >= 11 is 3.08. The largest absolute Gasteiger partial charge is 0.404 e. The summed E-state index contributed by atoms with van der Waals surface area (Å²) < 4.78 is 1.53. The Morgan fingerprint density at radius 2 is 2.08 bits per heavy atom. The third kappa shape index (κ3) is 2.97. The van der Waals surface area contributed by atoms with Gasteiger partial charge >= 0.3 is 5.82 Å².